The number of rotatable bonds is 3. The number of alkyl halides is 1. The first-order valence-electron chi connectivity index (χ1n) is 8.89. The molecule has 4 rings (SSSR count). The Balaban J connectivity index is 1.46. The van der Waals surface area contributed by atoms with Crippen molar-refractivity contribution < 1.29 is 13.6 Å². The maximum Gasteiger partial charge on any atom is 0.281 e. The number of hydrazone groups is 1. The molecule has 2 aromatic rings. The Labute approximate surface area is 155 Å². The normalized spacial score (nSPS) is 21.5. The van der Waals surface area contributed by atoms with E-state index in [4.69, 9.17) is 0 Å². The summed E-state index contributed by atoms with van der Waals surface area (Å²) < 4.78 is 28.4. The van der Waals surface area contributed by atoms with Crippen LogP contribution in [0.1, 0.15) is 30.9 Å². The number of benzene rings is 1. The van der Waals surface area contributed by atoms with Crippen LogP contribution in [0.25, 0.3) is 0 Å². The first kappa shape index (κ1) is 17.5. The molecule has 2 aliphatic heterocycles. The Morgan fingerprint density at radius 3 is 2.44 bits per heavy atom. The van der Waals surface area contributed by atoms with Gasteiger partial charge in [-0.1, -0.05) is 30.3 Å². The molecule has 2 aliphatic rings. The van der Waals surface area contributed by atoms with Gasteiger partial charge in [-0.15, -0.1) is 0 Å². The first-order chi connectivity index (χ1) is 13.1. The van der Waals surface area contributed by atoms with Gasteiger partial charge in [0.05, 0.1) is 18.4 Å². The van der Waals surface area contributed by atoms with Crippen molar-refractivity contribution in [3.63, 3.8) is 0 Å². The van der Waals surface area contributed by atoms with Crippen LogP contribution in [-0.4, -0.2) is 45.9 Å². The summed E-state index contributed by atoms with van der Waals surface area (Å²) in [6, 6.07) is 9.24. The molecule has 0 N–H and O–H groups in total. The lowest BCUT2D eigenvalue weighted by Gasteiger charge is -2.37. The number of hydrogen-bond acceptors (Lipinski definition) is 5. The number of hydrogen-bond donors (Lipinski definition) is 0. The minimum absolute atomic E-state index is 0.0140. The van der Waals surface area contributed by atoms with Crippen molar-refractivity contribution in [2.45, 2.75) is 31.0 Å². The fraction of sp³-hybridized carbons (Fsp3) is 0.368. The van der Waals surface area contributed by atoms with Crippen LogP contribution in [0, 0.1) is 5.82 Å². The van der Waals surface area contributed by atoms with Gasteiger partial charge in [-0.3, -0.25) is 4.79 Å². The quantitative estimate of drug-likeness (QED) is 0.832. The molecule has 1 saturated heterocycles. The molecule has 1 aromatic carbocycles. The molecule has 0 radical (unpaired) electrons. The largest absolute Gasteiger partial charge is 0.341 e. The summed E-state index contributed by atoms with van der Waals surface area (Å²) in [5, 5.41) is 5.42. The van der Waals surface area contributed by atoms with Crippen LogP contribution >= 0.6 is 0 Å². The highest BCUT2D eigenvalue weighted by Crippen LogP contribution is 2.36. The van der Waals surface area contributed by atoms with E-state index < -0.39 is 17.4 Å². The Kier molecular flexibility index (Phi) is 4.55. The molecule has 1 atom stereocenters. The molecule has 1 amide bonds. The van der Waals surface area contributed by atoms with E-state index >= 15 is 4.39 Å². The van der Waals surface area contributed by atoms with Crippen LogP contribution in [0.15, 0.2) is 47.8 Å². The van der Waals surface area contributed by atoms with E-state index in [0.29, 0.717) is 12.4 Å². The van der Waals surface area contributed by atoms with Gasteiger partial charge in [0.1, 0.15) is 0 Å². The van der Waals surface area contributed by atoms with Gasteiger partial charge < -0.3 is 4.90 Å². The molecule has 140 valence electrons. The SMILES string of the molecule is O=C(N1N=CCC1c1ccccc1)C1(F)CCN(c2ncc(F)cn2)CC1. The second kappa shape index (κ2) is 7.02. The number of carbonyl (C=O) groups is 1. The molecule has 1 unspecified atom stereocenters. The monoisotopic (exact) mass is 371 g/mol. The molecule has 3 heterocycles. The summed E-state index contributed by atoms with van der Waals surface area (Å²) in [4.78, 5) is 22.5. The molecular weight excluding hydrogens is 352 g/mol. The fourth-order valence-electron chi connectivity index (χ4n) is 3.51. The van der Waals surface area contributed by atoms with Crippen LogP contribution in [-0.2, 0) is 4.79 Å². The van der Waals surface area contributed by atoms with Gasteiger partial charge in [0.2, 0.25) is 5.95 Å². The minimum Gasteiger partial charge on any atom is -0.341 e. The minimum atomic E-state index is -1.98. The average molecular weight is 371 g/mol. The fourth-order valence-corrected chi connectivity index (χ4v) is 3.51. The average Bonchev–Trinajstić information content (AvgIpc) is 3.19. The van der Waals surface area contributed by atoms with Gasteiger partial charge in [0, 0.05) is 38.6 Å². The molecule has 0 aliphatic carbocycles. The highest BCUT2D eigenvalue weighted by atomic mass is 19.1. The second-order valence-electron chi connectivity index (χ2n) is 6.76. The number of anilines is 1. The highest BCUT2D eigenvalue weighted by molar-refractivity contribution is 5.87. The van der Waals surface area contributed by atoms with Crippen LogP contribution in [0.3, 0.4) is 0 Å². The Morgan fingerprint density at radius 1 is 1.11 bits per heavy atom. The van der Waals surface area contributed by atoms with Gasteiger partial charge in [-0.25, -0.2) is 23.8 Å². The number of amides is 1. The van der Waals surface area contributed by atoms with Crippen molar-refractivity contribution in [3.8, 4) is 0 Å². The summed E-state index contributed by atoms with van der Waals surface area (Å²) in [6.07, 6.45) is 4.41. The lowest BCUT2D eigenvalue weighted by atomic mass is 9.91. The van der Waals surface area contributed by atoms with E-state index in [-0.39, 0.29) is 32.0 Å². The molecule has 1 aromatic heterocycles. The summed E-state index contributed by atoms with van der Waals surface area (Å²) in [5.74, 6) is -0.790. The Bertz CT molecular complexity index is 835. The molecular formula is C19H19F2N5O. The first-order valence-corrected chi connectivity index (χ1v) is 8.89. The summed E-state index contributed by atoms with van der Waals surface area (Å²) in [6.45, 7) is 0.558. The van der Waals surface area contributed by atoms with Crippen LogP contribution in [0.4, 0.5) is 14.7 Å². The molecule has 6 nitrogen and oxygen atoms in total. The lowest BCUT2D eigenvalue weighted by molar-refractivity contribution is -0.147. The predicted molar refractivity (Wildman–Crippen MR) is 96.4 cm³/mol. The number of carbonyl (C=O) groups excluding carboxylic acids is 1. The van der Waals surface area contributed by atoms with Gasteiger partial charge >= 0.3 is 0 Å². The zero-order chi connectivity index (χ0) is 18.9. The molecule has 0 saturated carbocycles. The van der Waals surface area contributed by atoms with Gasteiger partial charge in [0.25, 0.3) is 5.91 Å². The number of piperidine rings is 1. The van der Waals surface area contributed by atoms with Crippen molar-refractivity contribution >= 4 is 18.1 Å². The van der Waals surface area contributed by atoms with E-state index in [1.165, 1.54) is 5.01 Å². The number of halogens is 2. The lowest BCUT2D eigenvalue weighted by Crippen LogP contribution is -2.51. The maximum atomic E-state index is 15.5. The second-order valence-corrected chi connectivity index (χ2v) is 6.76. The van der Waals surface area contributed by atoms with Gasteiger partial charge in [-0.2, -0.15) is 5.10 Å². The van der Waals surface area contributed by atoms with E-state index in [0.717, 1.165) is 18.0 Å². The number of nitrogens with zero attached hydrogens (tertiary/aromatic N) is 5. The zero-order valence-corrected chi connectivity index (χ0v) is 14.6. The van der Waals surface area contributed by atoms with Gasteiger partial charge in [-0.05, 0) is 5.56 Å². The van der Waals surface area contributed by atoms with Crippen molar-refractivity contribution in [3.05, 3.63) is 54.1 Å². The third-order valence-electron chi connectivity index (χ3n) is 5.05. The molecule has 8 heteroatoms. The van der Waals surface area contributed by atoms with Crippen molar-refractivity contribution in [2.24, 2.45) is 5.10 Å². The van der Waals surface area contributed by atoms with Crippen LogP contribution < -0.4 is 4.90 Å². The zero-order valence-electron chi connectivity index (χ0n) is 14.6. The van der Waals surface area contributed by atoms with E-state index in [9.17, 15) is 9.18 Å². The third-order valence-corrected chi connectivity index (χ3v) is 5.05. The molecule has 0 spiro atoms. The van der Waals surface area contributed by atoms with E-state index in [1.54, 1.807) is 11.1 Å². The number of aromatic nitrogens is 2. The topological polar surface area (TPSA) is 61.7 Å². The van der Waals surface area contributed by atoms with Gasteiger partial charge in [0.15, 0.2) is 11.5 Å². The van der Waals surface area contributed by atoms with Crippen molar-refractivity contribution in [1.82, 2.24) is 15.0 Å². The predicted octanol–water partition coefficient (Wildman–Crippen LogP) is 2.88. The third kappa shape index (κ3) is 3.39. The highest BCUT2D eigenvalue weighted by Gasteiger charge is 2.47. The van der Waals surface area contributed by atoms with E-state index in [2.05, 4.69) is 15.1 Å². The summed E-state index contributed by atoms with van der Waals surface area (Å²) in [7, 11) is 0. The maximum absolute atomic E-state index is 15.5. The summed E-state index contributed by atoms with van der Waals surface area (Å²) in [5.41, 5.74) is -1.05. The standard InChI is InChI=1S/C19H19F2N5O/c20-15-12-22-18(23-13-15)25-10-7-19(21,8-11-25)17(27)26-16(6-9-24-26)14-4-2-1-3-5-14/h1-5,9,12-13,16H,6-8,10-11H2. The Morgan fingerprint density at radius 2 is 1.78 bits per heavy atom. The molecule has 1 fully saturated rings. The van der Waals surface area contributed by atoms with Crippen LogP contribution in [0.2, 0.25) is 0 Å². The van der Waals surface area contributed by atoms with Crippen LogP contribution in [0.5, 0.6) is 0 Å². The van der Waals surface area contributed by atoms with E-state index in [1.807, 2.05) is 30.3 Å². The van der Waals surface area contributed by atoms with Crippen molar-refractivity contribution in [2.75, 3.05) is 18.0 Å². The Hall–Kier alpha value is -2.90. The summed E-state index contributed by atoms with van der Waals surface area (Å²) >= 11 is 0. The smallest absolute Gasteiger partial charge is 0.281 e. The molecule has 0 bridgehead atoms. The molecule has 27 heavy (non-hydrogen) atoms. The van der Waals surface area contributed by atoms with Crippen molar-refractivity contribution in [1.29, 1.82) is 0 Å².